The number of nitrogens with two attached hydrogens (primary N) is 1. The number of aliphatic hydroxyl groups excluding tert-OH is 3. The number of ketones is 1. The van der Waals surface area contributed by atoms with Crippen LogP contribution in [0.4, 0.5) is 0 Å². The molecule has 7 atom stereocenters. The fourth-order valence-corrected chi connectivity index (χ4v) is 5.66. The summed E-state index contributed by atoms with van der Waals surface area (Å²) in [5, 5.41) is 30.6. The summed E-state index contributed by atoms with van der Waals surface area (Å²) in [6, 6.07) is -1.33. The molecule has 7 unspecified atom stereocenters. The Hall–Kier alpha value is -2.22. The first-order valence-electron chi connectivity index (χ1n) is 12.1. The van der Waals surface area contributed by atoms with E-state index in [-0.39, 0.29) is 23.5 Å². The van der Waals surface area contributed by atoms with Gasteiger partial charge in [-0.25, -0.2) is 4.79 Å². The van der Waals surface area contributed by atoms with E-state index in [0.717, 1.165) is 31.9 Å². The molecule has 0 amide bonds. The molecule has 7 nitrogen and oxygen atoms in total. The molecule has 0 radical (unpaired) electrons. The normalized spacial score (nSPS) is 32.1. The van der Waals surface area contributed by atoms with Crippen molar-refractivity contribution in [1.29, 1.82) is 0 Å². The van der Waals surface area contributed by atoms with Crippen molar-refractivity contribution in [1.82, 2.24) is 0 Å². The molecule has 2 rings (SSSR count). The second-order valence-electron chi connectivity index (χ2n) is 10.1. The lowest BCUT2D eigenvalue weighted by atomic mass is 9.52. The van der Waals surface area contributed by atoms with Gasteiger partial charge >= 0.3 is 5.97 Å². The van der Waals surface area contributed by atoms with Crippen molar-refractivity contribution in [3.05, 3.63) is 47.3 Å². The van der Waals surface area contributed by atoms with Crippen LogP contribution in [-0.2, 0) is 14.3 Å². The molecule has 0 heterocycles. The van der Waals surface area contributed by atoms with Gasteiger partial charge in [0.25, 0.3) is 0 Å². The van der Waals surface area contributed by atoms with E-state index in [1.807, 2.05) is 38.2 Å². The summed E-state index contributed by atoms with van der Waals surface area (Å²) in [4.78, 5) is 25.7. The van der Waals surface area contributed by atoms with Gasteiger partial charge in [0, 0.05) is 11.3 Å². The van der Waals surface area contributed by atoms with E-state index in [1.165, 1.54) is 0 Å². The SMILES string of the molecule is COC(=O)C(C(=O)C(N)CO)=C(O)C1(C)C(C=CC=CCC(C)O)C(C)=CC2CC(C)CCC21. The summed E-state index contributed by atoms with van der Waals surface area (Å²) in [5.41, 5.74) is 5.38. The van der Waals surface area contributed by atoms with Crippen molar-refractivity contribution in [2.75, 3.05) is 13.7 Å². The number of hydrogen-bond acceptors (Lipinski definition) is 7. The van der Waals surface area contributed by atoms with E-state index in [4.69, 9.17) is 10.5 Å². The number of allylic oxidation sites excluding steroid dienone is 6. The lowest BCUT2D eigenvalue weighted by Gasteiger charge is -2.52. The molecule has 2 aliphatic carbocycles. The van der Waals surface area contributed by atoms with Crippen LogP contribution in [-0.4, -0.2) is 52.9 Å². The highest BCUT2D eigenvalue weighted by atomic mass is 16.5. The summed E-state index contributed by atoms with van der Waals surface area (Å²) in [6.07, 6.45) is 12.7. The third kappa shape index (κ3) is 5.88. The van der Waals surface area contributed by atoms with Crippen molar-refractivity contribution >= 4 is 11.8 Å². The van der Waals surface area contributed by atoms with Crippen molar-refractivity contribution in [3.63, 3.8) is 0 Å². The summed E-state index contributed by atoms with van der Waals surface area (Å²) >= 11 is 0. The van der Waals surface area contributed by atoms with Gasteiger partial charge in [0.05, 0.1) is 25.9 Å². The topological polar surface area (TPSA) is 130 Å². The Kier molecular flexibility index (Phi) is 9.85. The van der Waals surface area contributed by atoms with E-state index in [0.29, 0.717) is 12.3 Å². The van der Waals surface area contributed by atoms with Gasteiger partial charge in [-0.15, -0.1) is 0 Å². The van der Waals surface area contributed by atoms with Gasteiger partial charge in [0.1, 0.15) is 11.3 Å². The minimum absolute atomic E-state index is 0.00120. The Morgan fingerprint density at radius 3 is 2.59 bits per heavy atom. The molecule has 1 fully saturated rings. The highest BCUT2D eigenvalue weighted by Gasteiger charge is 2.53. The molecule has 0 aromatic rings. The minimum Gasteiger partial charge on any atom is -0.511 e. The fraction of sp³-hybridized carbons (Fsp3) is 0.630. The van der Waals surface area contributed by atoms with Crippen molar-refractivity contribution in [2.45, 2.75) is 65.5 Å². The molecule has 0 spiro atoms. The van der Waals surface area contributed by atoms with Crippen molar-refractivity contribution in [2.24, 2.45) is 34.8 Å². The molecule has 2 aliphatic rings. The molecular formula is C27H41NO6. The number of aliphatic hydroxyl groups is 3. The lowest BCUT2D eigenvalue weighted by Crippen LogP contribution is -2.48. The Balaban J connectivity index is 2.68. The van der Waals surface area contributed by atoms with Crippen molar-refractivity contribution in [3.8, 4) is 0 Å². The molecule has 1 saturated carbocycles. The predicted octanol–water partition coefficient (Wildman–Crippen LogP) is 3.38. The van der Waals surface area contributed by atoms with Crippen LogP contribution in [0.15, 0.2) is 47.3 Å². The largest absolute Gasteiger partial charge is 0.511 e. The van der Waals surface area contributed by atoms with Crippen LogP contribution < -0.4 is 5.73 Å². The molecule has 0 aromatic carbocycles. The Bertz CT molecular complexity index is 870. The van der Waals surface area contributed by atoms with Gasteiger partial charge in [-0.1, -0.05) is 56.2 Å². The molecule has 7 heteroatoms. The number of Topliss-reactive ketones (excluding diaryl/α,β-unsaturated/α-hetero) is 1. The minimum atomic E-state index is -1.33. The third-order valence-electron chi connectivity index (χ3n) is 7.49. The summed E-state index contributed by atoms with van der Waals surface area (Å²) < 4.78 is 4.85. The maximum absolute atomic E-state index is 13.0. The maximum Gasteiger partial charge on any atom is 0.345 e. The summed E-state index contributed by atoms with van der Waals surface area (Å²) in [6.45, 7) is 7.20. The molecule has 0 aromatic heterocycles. The second-order valence-corrected chi connectivity index (χ2v) is 10.1. The zero-order chi connectivity index (χ0) is 25.6. The van der Waals surface area contributed by atoms with Crippen LogP contribution in [0.3, 0.4) is 0 Å². The zero-order valence-electron chi connectivity index (χ0n) is 21.0. The van der Waals surface area contributed by atoms with E-state index >= 15 is 0 Å². The first-order valence-corrected chi connectivity index (χ1v) is 12.1. The third-order valence-corrected chi connectivity index (χ3v) is 7.49. The molecule has 0 saturated heterocycles. The number of fused-ring (bicyclic) bond motifs is 1. The fourth-order valence-electron chi connectivity index (χ4n) is 5.66. The molecule has 0 aliphatic heterocycles. The van der Waals surface area contributed by atoms with E-state index < -0.39 is 41.5 Å². The first-order chi connectivity index (χ1) is 16.0. The van der Waals surface area contributed by atoms with Gasteiger partial charge in [0.2, 0.25) is 0 Å². The van der Waals surface area contributed by atoms with Gasteiger partial charge in [0.15, 0.2) is 5.78 Å². The van der Waals surface area contributed by atoms with Crippen molar-refractivity contribution < 1.29 is 29.6 Å². The monoisotopic (exact) mass is 475 g/mol. The standard InChI is InChI=1S/C27H41NO6/c1-16-11-12-21-19(13-16)14-17(2)20(10-8-6-7-9-18(3)30)27(21,4)25(32)23(26(33)34-5)24(31)22(28)15-29/h6-8,10,14,16,18-22,29-30,32H,9,11-13,15,28H2,1-5H3. The number of carbonyl (C=O) groups is 2. The number of esters is 1. The maximum atomic E-state index is 13.0. The van der Waals surface area contributed by atoms with Crippen LogP contribution in [0.1, 0.15) is 53.4 Å². The Labute approximate surface area is 203 Å². The highest BCUT2D eigenvalue weighted by molar-refractivity contribution is 6.19. The van der Waals surface area contributed by atoms with Crippen LogP contribution in [0.2, 0.25) is 0 Å². The van der Waals surface area contributed by atoms with Gasteiger partial charge in [-0.05, 0) is 50.9 Å². The number of ether oxygens (including phenoxy) is 1. The average molecular weight is 476 g/mol. The number of rotatable bonds is 9. The Morgan fingerprint density at radius 1 is 1.32 bits per heavy atom. The van der Waals surface area contributed by atoms with Gasteiger partial charge in [-0.2, -0.15) is 0 Å². The quantitative estimate of drug-likeness (QED) is 0.0765. The number of carbonyl (C=O) groups excluding carboxylic acids is 2. The van der Waals surface area contributed by atoms with Crippen LogP contribution in [0.5, 0.6) is 0 Å². The second kappa shape index (κ2) is 12.0. The summed E-state index contributed by atoms with van der Waals surface area (Å²) in [7, 11) is 1.15. The first kappa shape index (κ1) is 28.0. The highest BCUT2D eigenvalue weighted by Crippen LogP contribution is 2.57. The van der Waals surface area contributed by atoms with Gasteiger partial charge < -0.3 is 25.8 Å². The summed E-state index contributed by atoms with van der Waals surface area (Å²) in [5.74, 6) is -1.65. The van der Waals surface area contributed by atoms with E-state index in [1.54, 1.807) is 6.92 Å². The zero-order valence-corrected chi connectivity index (χ0v) is 21.0. The lowest BCUT2D eigenvalue weighted by molar-refractivity contribution is -0.138. The van der Waals surface area contributed by atoms with E-state index in [9.17, 15) is 24.9 Å². The van der Waals surface area contributed by atoms with E-state index in [2.05, 4.69) is 13.0 Å². The van der Waals surface area contributed by atoms with Gasteiger partial charge in [-0.3, -0.25) is 4.79 Å². The average Bonchev–Trinajstić information content (AvgIpc) is 2.79. The molecular weight excluding hydrogens is 434 g/mol. The van der Waals surface area contributed by atoms with Crippen LogP contribution in [0.25, 0.3) is 0 Å². The number of methoxy groups -OCH3 is 1. The predicted molar refractivity (Wildman–Crippen MR) is 132 cm³/mol. The Morgan fingerprint density at radius 2 is 2.00 bits per heavy atom. The van der Waals surface area contributed by atoms with Crippen LogP contribution in [0, 0.1) is 29.1 Å². The number of hydrogen-bond donors (Lipinski definition) is 4. The molecule has 5 N–H and O–H groups in total. The molecule has 190 valence electrons. The molecule has 34 heavy (non-hydrogen) atoms. The van der Waals surface area contributed by atoms with Crippen LogP contribution >= 0.6 is 0 Å². The molecule has 0 bridgehead atoms. The smallest absolute Gasteiger partial charge is 0.345 e.